The van der Waals surface area contributed by atoms with Crippen LogP contribution in [0, 0.1) is 5.92 Å². The van der Waals surface area contributed by atoms with Gasteiger partial charge in [-0.1, -0.05) is 0 Å². The van der Waals surface area contributed by atoms with E-state index in [-0.39, 0.29) is 18.1 Å². The number of likely N-dealkylation sites (tertiary alicyclic amines) is 1. The Morgan fingerprint density at radius 2 is 2.00 bits per heavy atom. The smallest absolute Gasteiger partial charge is 0.410 e. The topological polar surface area (TPSA) is 76.1 Å². The Labute approximate surface area is 106 Å². The number of hydrogen-bond donors (Lipinski definition) is 1. The fraction of sp³-hybridized carbons (Fsp3) is 0.833. The van der Waals surface area contributed by atoms with E-state index in [4.69, 9.17) is 14.6 Å². The van der Waals surface area contributed by atoms with Gasteiger partial charge < -0.3 is 19.5 Å². The van der Waals surface area contributed by atoms with Gasteiger partial charge in [-0.05, 0) is 27.2 Å². The Bertz CT molecular complexity index is 348. The van der Waals surface area contributed by atoms with Crippen molar-refractivity contribution >= 4 is 12.1 Å². The molecule has 2 rings (SSSR count). The van der Waals surface area contributed by atoms with E-state index in [1.807, 2.05) is 20.8 Å². The molecule has 1 N–H and O–H groups in total. The molecule has 102 valence electrons. The maximum absolute atomic E-state index is 11.8. The van der Waals surface area contributed by atoms with Crippen LogP contribution in [0.15, 0.2) is 0 Å². The van der Waals surface area contributed by atoms with Crippen LogP contribution in [0.2, 0.25) is 0 Å². The number of aliphatic carboxylic acids is 1. The molecule has 2 heterocycles. The van der Waals surface area contributed by atoms with Crippen LogP contribution in [0.1, 0.15) is 27.2 Å². The van der Waals surface area contributed by atoms with Crippen molar-refractivity contribution in [3.05, 3.63) is 0 Å². The summed E-state index contributed by atoms with van der Waals surface area (Å²) < 4.78 is 10.7. The van der Waals surface area contributed by atoms with E-state index in [2.05, 4.69) is 0 Å². The molecule has 0 saturated carbocycles. The molecule has 0 unspecified atom stereocenters. The highest BCUT2D eigenvalue weighted by Gasteiger charge is 2.46. The van der Waals surface area contributed by atoms with Crippen molar-refractivity contribution in [3.8, 4) is 0 Å². The van der Waals surface area contributed by atoms with Crippen molar-refractivity contribution in [3.63, 3.8) is 0 Å². The second-order valence-corrected chi connectivity index (χ2v) is 5.88. The summed E-state index contributed by atoms with van der Waals surface area (Å²) in [6.07, 6.45) is -0.772. The lowest BCUT2D eigenvalue weighted by atomic mass is 10.0. The minimum absolute atomic E-state index is 0.110. The van der Waals surface area contributed by atoms with Crippen molar-refractivity contribution in [1.82, 2.24) is 4.90 Å². The van der Waals surface area contributed by atoms with Crippen molar-refractivity contribution < 1.29 is 24.2 Å². The van der Waals surface area contributed by atoms with Gasteiger partial charge in [0.2, 0.25) is 0 Å². The highest BCUT2D eigenvalue weighted by atomic mass is 16.6. The van der Waals surface area contributed by atoms with E-state index in [9.17, 15) is 9.59 Å². The molecule has 6 heteroatoms. The van der Waals surface area contributed by atoms with Gasteiger partial charge in [0.05, 0.1) is 12.6 Å². The third kappa shape index (κ3) is 2.75. The van der Waals surface area contributed by atoms with Gasteiger partial charge in [-0.15, -0.1) is 0 Å². The molecule has 0 aromatic heterocycles. The first-order valence-electron chi connectivity index (χ1n) is 6.12. The van der Waals surface area contributed by atoms with Crippen molar-refractivity contribution in [2.75, 3.05) is 13.1 Å². The number of amides is 1. The fourth-order valence-electron chi connectivity index (χ4n) is 2.40. The zero-order chi connectivity index (χ0) is 13.5. The normalized spacial score (nSPS) is 31.3. The molecule has 3 atom stereocenters. The molecule has 1 amide bonds. The van der Waals surface area contributed by atoms with Crippen LogP contribution in [-0.2, 0) is 14.3 Å². The molecular weight excluding hydrogens is 238 g/mol. The second kappa shape index (κ2) is 4.42. The Balaban J connectivity index is 1.89. The van der Waals surface area contributed by atoms with Gasteiger partial charge in [0, 0.05) is 12.5 Å². The minimum atomic E-state index is -0.923. The summed E-state index contributed by atoms with van der Waals surface area (Å²) >= 11 is 0. The van der Waals surface area contributed by atoms with Gasteiger partial charge in [-0.25, -0.2) is 9.59 Å². The number of carboxylic acids is 1. The molecule has 0 aliphatic carbocycles. The first-order chi connectivity index (χ1) is 8.26. The predicted molar refractivity (Wildman–Crippen MR) is 62.2 cm³/mol. The number of fused-ring (bicyclic) bond motifs is 1. The first-order valence-corrected chi connectivity index (χ1v) is 6.12. The summed E-state index contributed by atoms with van der Waals surface area (Å²) in [5, 5.41) is 8.87. The number of ether oxygens (including phenoxy) is 2. The van der Waals surface area contributed by atoms with Crippen molar-refractivity contribution in [2.24, 2.45) is 5.92 Å². The Hall–Kier alpha value is -1.30. The lowest BCUT2D eigenvalue weighted by Gasteiger charge is -2.25. The molecule has 0 aromatic carbocycles. The van der Waals surface area contributed by atoms with Crippen molar-refractivity contribution in [2.45, 2.75) is 45.0 Å². The van der Waals surface area contributed by atoms with Gasteiger partial charge in [-0.2, -0.15) is 0 Å². The van der Waals surface area contributed by atoms with Gasteiger partial charge in [-0.3, -0.25) is 0 Å². The van der Waals surface area contributed by atoms with Gasteiger partial charge in [0.15, 0.2) is 6.10 Å². The van der Waals surface area contributed by atoms with Crippen LogP contribution in [0.5, 0.6) is 0 Å². The van der Waals surface area contributed by atoms with Crippen LogP contribution >= 0.6 is 0 Å². The predicted octanol–water partition coefficient (Wildman–Crippen LogP) is 1.10. The average molecular weight is 257 g/mol. The summed E-state index contributed by atoms with van der Waals surface area (Å²) in [4.78, 5) is 24.2. The van der Waals surface area contributed by atoms with Crippen LogP contribution in [-0.4, -0.2) is 53.0 Å². The summed E-state index contributed by atoms with van der Waals surface area (Å²) in [6.45, 7) is 6.39. The number of carbonyl (C=O) groups excluding carboxylic acids is 1. The monoisotopic (exact) mass is 257 g/mol. The quantitative estimate of drug-likeness (QED) is 0.761. The highest BCUT2D eigenvalue weighted by molar-refractivity contribution is 5.73. The van der Waals surface area contributed by atoms with E-state index in [0.717, 1.165) is 0 Å². The molecule has 0 aromatic rings. The maximum Gasteiger partial charge on any atom is 0.410 e. The summed E-state index contributed by atoms with van der Waals surface area (Å²) in [7, 11) is 0. The Morgan fingerprint density at radius 3 is 2.50 bits per heavy atom. The zero-order valence-electron chi connectivity index (χ0n) is 10.9. The Kier molecular flexibility index (Phi) is 3.23. The molecular formula is C12H19NO5. The summed E-state index contributed by atoms with van der Waals surface area (Å²) in [5.74, 6) is -0.813. The second-order valence-electron chi connectivity index (χ2n) is 5.88. The first kappa shape index (κ1) is 13.1. The molecule has 0 spiro atoms. The molecule has 2 aliphatic heterocycles. The van der Waals surface area contributed by atoms with Crippen LogP contribution in [0.25, 0.3) is 0 Å². The third-order valence-corrected chi connectivity index (χ3v) is 3.16. The lowest BCUT2D eigenvalue weighted by molar-refractivity contribution is -0.149. The summed E-state index contributed by atoms with van der Waals surface area (Å²) in [5.41, 5.74) is -0.515. The summed E-state index contributed by atoms with van der Waals surface area (Å²) in [6, 6.07) is 0. The molecule has 0 radical (unpaired) electrons. The van der Waals surface area contributed by atoms with Crippen LogP contribution < -0.4 is 0 Å². The Morgan fingerprint density at radius 1 is 1.33 bits per heavy atom. The van der Waals surface area contributed by atoms with E-state index < -0.39 is 17.7 Å². The number of carbonyl (C=O) groups is 2. The lowest BCUT2D eigenvalue weighted by Crippen LogP contribution is -2.37. The average Bonchev–Trinajstić information content (AvgIpc) is 2.69. The van der Waals surface area contributed by atoms with E-state index in [1.54, 1.807) is 4.90 Å². The largest absolute Gasteiger partial charge is 0.479 e. The van der Waals surface area contributed by atoms with Crippen LogP contribution in [0.3, 0.4) is 0 Å². The number of nitrogens with zero attached hydrogens (tertiary/aromatic N) is 1. The van der Waals surface area contributed by atoms with E-state index in [1.165, 1.54) is 0 Å². The van der Waals surface area contributed by atoms with E-state index >= 15 is 0 Å². The molecule has 2 aliphatic rings. The number of rotatable bonds is 1. The number of carboxylic acid groups (broad SMARTS) is 1. The van der Waals surface area contributed by atoms with Gasteiger partial charge in [0.25, 0.3) is 0 Å². The zero-order valence-corrected chi connectivity index (χ0v) is 10.9. The molecule has 6 nitrogen and oxygen atoms in total. The van der Waals surface area contributed by atoms with Gasteiger partial charge >= 0.3 is 12.1 Å². The third-order valence-electron chi connectivity index (χ3n) is 3.16. The molecule has 18 heavy (non-hydrogen) atoms. The molecule has 0 bridgehead atoms. The molecule has 2 fully saturated rings. The van der Waals surface area contributed by atoms with Crippen LogP contribution in [0.4, 0.5) is 4.79 Å². The SMILES string of the molecule is CC(C)(C)OC(=O)N1C[C@H]2C[C@H](C(=O)O)O[C@H]2C1. The standard InChI is InChI=1S/C12H19NO5/c1-12(2,3)18-11(16)13-5-7-4-8(10(14)15)17-9(7)6-13/h7-9H,4-6H2,1-3H3,(H,14,15)/t7-,8-,9+/m1/s1. The highest BCUT2D eigenvalue weighted by Crippen LogP contribution is 2.33. The maximum atomic E-state index is 11.8. The van der Waals surface area contributed by atoms with Gasteiger partial charge in [0.1, 0.15) is 5.60 Å². The van der Waals surface area contributed by atoms with E-state index in [0.29, 0.717) is 19.5 Å². The minimum Gasteiger partial charge on any atom is -0.479 e. The number of hydrogen-bond acceptors (Lipinski definition) is 4. The molecule has 2 saturated heterocycles. The fourth-order valence-corrected chi connectivity index (χ4v) is 2.40. The van der Waals surface area contributed by atoms with Crippen molar-refractivity contribution in [1.29, 1.82) is 0 Å².